The van der Waals surface area contributed by atoms with Gasteiger partial charge in [0.1, 0.15) is 12.1 Å². The van der Waals surface area contributed by atoms with Gasteiger partial charge in [-0.15, -0.1) is 0 Å². The van der Waals surface area contributed by atoms with E-state index in [1.54, 1.807) is 12.1 Å². The molecule has 1 saturated heterocycles. The molecule has 0 radical (unpaired) electrons. The Morgan fingerprint density at radius 1 is 1.30 bits per heavy atom. The molecule has 1 aromatic carbocycles. The van der Waals surface area contributed by atoms with E-state index < -0.39 is 11.6 Å². The minimum Gasteiger partial charge on any atom is -0.348 e. The van der Waals surface area contributed by atoms with Gasteiger partial charge in [0.15, 0.2) is 0 Å². The third-order valence-electron chi connectivity index (χ3n) is 5.83. The zero-order valence-electron chi connectivity index (χ0n) is 15.8. The van der Waals surface area contributed by atoms with Gasteiger partial charge in [-0.25, -0.2) is 4.79 Å². The minimum atomic E-state index is -0.815. The molecule has 1 saturated carbocycles. The maximum atomic E-state index is 12.9. The zero-order chi connectivity index (χ0) is 19.6. The topological polar surface area (TPSA) is 78.5 Å². The van der Waals surface area contributed by atoms with Crippen molar-refractivity contribution < 1.29 is 14.4 Å². The first-order chi connectivity index (χ1) is 12.8. The Labute approximate surface area is 164 Å². The van der Waals surface area contributed by atoms with Gasteiger partial charge in [-0.1, -0.05) is 37.1 Å². The van der Waals surface area contributed by atoms with Crippen molar-refractivity contribution in [2.45, 2.75) is 57.5 Å². The van der Waals surface area contributed by atoms with Gasteiger partial charge in [-0.2, -0.15) is 0 Å². The number of nitrogens with one attached hydrogen (secondary N) is 2. The summed E-state index contributed by atoms with van der Waals surface area (Å²) in [6, 6.07) is 6.47. The molecule has 4 amide bonds. The highest BCUT2D eigenvalue weighted by Crippen LogP contribution is 2.37. The molecule has 1 spiro atoms. The van der Waals surface area contributed by atoms with Crippen LogP contribution in [0.15, 0.2) is 24.3 Å². The van der Waals surface area contributed by atoms with Crippen LogP contribution in [-0.4, -0.2) is 34.8 Å². The Morgan fingerprint density at radius 2 is 1.93 bits per heavy atom. The maximum Gasteiger partial charge on any atom is 0.325 e. The van der Waals surface area contributed by atoms with E-state index in [-0.39, 0.29) is 24.4 Å². The van der Waals surface area contributed by atoms with E-state index in [1.807, 2.05) is 19.1 Å². The second kappa shape index (κ2) is 7.89. The number of nitrogens with zero attached hydrogens (tertiary/aromatic N) is 1. The van der Waals surface area contributed by atoms with Gasteiger partial charge in [-0.3, -0.25) is 14.5 Å². The quantitative estimate of drug-likeness (QED) is 0.755. The molecule has 27 heavy (non-hydrogen) atoms. The van der Waals surface area contributed by atoms with Gasteiger partial charge < -0.3 is 10.6 Å². The molecule has 6 nitrogen and oxygen atoms in total. The molecule has 2 fully saturated rings. The number of hydrogen-bond acceptors (Lipinski definition) is 3. The van der Waals surface area contributed by atoms with Crippen LogP contribution in [-0.2, 0) is 9.59 Å². The number of carbonyl (C=O) groups excluding carboxylic acids is 3. The molecule has 1 aliphatic heterocycles. The number of urea groups is 1. The summed E-state index contributed by atoms with van der Waals surface area (Å²) >= 11 is 5.88. The number of benzene rings is 1. The average molecular weight is 392 g/mol. The van der Waals surface area contributed by atoms with Gasteiger partial charge in [0.2, 0.25) is 5.91 Å². The molecule has 1 aliphatic carbocycles. The number of carbonyl (C=O) groups is 3. The van der Waals surface area contributed by atoms with Crippen LogP contribution in [0.5, 0.6) is 0 Å². The van der Waals surface area contributed by atoms with E-state index in [2.05, 4.69) is 17.6 Å². The third kappa shape index (κ3) is 4.10. The summed E-state index contributed by atoms with van der Waals surface area (Å²) < 4.78 is 0. The van der Waals surface area contributed by atoms with E-state index >= 15 is 0 Å². The van der Waals surface area contributed by atoms with E-state index in [0.29, 0.717) is 23.8 Å². The number of hydrogen-bond donors (Lipinski definition) is 2. The SMILES string of the molecule is CCC1CCC2(CC1)NC(=O)N(CC(=O)NC(C)c1ccc(Cl)cc1)C2=O. The van der Waals surface area contributed by atoms with Crippen LogP contribution < -0.4 is 10.6 Å². The van der Waals surface area contributed by atoms with Crippen molar-refractivity contribution in [2.75, 3.05) is 6.54 Å². The molecular weight excluding hydrogens is 366 g/mol. The van der Waals surface area contributed by atoms with E-state index in [1.165, 1.54) is 0 Å². The lowest BCUT2D eigenvalue weighted by molar-refractivity contribution is -0.136. The molecule has 2 aliphatic rings. The zero-order valence-corrected chi connectivity index (χ0v) is 16.5. The monoisotopic (exact) mass is 391 g/mol. The third-order valence-corrected chi connectivity index (χ3v) is 6.08. The van der Waals surface area contributed by atoms with Crippen molar-refractivity contribution in [3.63, 3.8) is 0 Å². The van der Waals surface area contributed by atoms with Crippen molar-refractivity contribution in [3.8, 4) is 0 Å². The van der Waals surface area contributed by atoms with Crippen molar-refractivity contribution in [2.24, 2.45) is 5.92 Å². The first-order valence-electron chi connectivity index (χ1n) is 9.53. The molecule has 0 bridgehead atoms. The molecule has 0 aromatic heterocycles. The standard InChI is InChI=1S/C20H26ClN3O3/c1-3-14-8-10-20(11-9-14)18(26)24(19(27)23-20)12-17(25)22-13(2)15-4-6-16(21)7-5-15/h4-7,13-14H,3,8-12H2,1-2H3,(H,22,25)(H,23,27). The van der Waals surface area contributed by atoms with E-state index in [0.717, 1.165) is 29.7 Å². The summed E-state index contributed by atoms with van der Waals surface area (Å²) in [5.41, 5.74) is 0.0875. The lowest BCUT2D eigenvalue weighted by Crippen LogP contribution is -2.50. The summed E-state index contributed by atoms with van der Waals surface area (Å²) in [5, 5.41) is 6.31. The average Bonchev–Trinajstić information content (AvgIpc) is 2.87. The minimum absolute atomic E-state index is 0.246. The lowest BCUT2D eigenvalue weighted by Gasteiger charge is -2.34. The molecule has 146 valence electrons. The highest BCUT2D eigenvalue weighted by Gasteiger charge is 2.52. The van der Waals surface area contributed by atoms with Gasteiger partial charge in [-0.05, 0) is 56.2 Å². The largest absolute Gasteiger partial charge is 0.348 e. The number of rotatable bonds is 5. The highest BCUT2D eigenvalue weighted by molar-refractivity contribution is 6.30. The summed E-state index contributed by atoms with van der Waals surface area (Å²) in [5.74, 6) is -0.0190. The predicted molar refractivity (Wildman–Crippen MR) is 103 cm³/mol. The normalized spacial score (nSPS) is 26.2. The molecular formula is C20H26ClN3O3. The molecule has 2 N–H and O–H groups in total. The van der Waals surface area contributed by atoms with Gasteiger partial charge in [0.05, 0.1) is 6.04 Å². The Morgan fingerprint density at radius 3 is 2.52 bits per heavy atom. The van der Waals surface area contributed by atoms with Crippen LogP contribution in [0.4, 0.5) is 4.79 Å². The molecule has 1 unspecified atom stereocenters. The molecule has 1 aromatic rings. The number of imide groups is 1. The van der Waals surface area contributed by atoms with Gasteiger partial charge in [0.25, 0.3) is 5.91 Å². The van der Waals surface area contributed by atoms with Crippen molar-refractivity contribution >= 4 is 29.4 Å². The summed E-state index contributed by atoms with van der Waals surface area (Å²) in [7, 11) is 0. The molecule has 1 heterocycles. The maximum absolute atomic E-state index is 12.9. The summed E-state index contributed by atoms with van der Waals surface area (Å²) in [6.07, 6.45) is 4.24. The number of amides is 4. The molecule has 7 heteroatoms. The van der Waals surface area contributed by atoms with E-state index in [9.17, 15) is 14.4 Å². The fourth-order valence-electron chi connectivity index (χ4n) is 4.00. The Bertz CT molecular complexity index is 726. The van der Waals surface area contributed by atoms with Crippen molar-refractivity contribution in [1.82, 2.24) is 15.5 Å². The Kier molecular flexibility index (Phi) is 5.75. The van der Waals surface area contributed by atoms with Crippen molar-refractivity contribution in [1.29, 1.82) is 0 Å². The van der Waals surface area contributed by atoms with Crippen LogP contribution in [0.3, 0.4) is 0 Å². The Hall–Kier alpha value is -2.08. The molecule has 1 atom stereocenters. The van der Waals surface area contributed by atoms with Crippen LogP contribution >= 0.6 is 11.6 Å². The second-order valence-electron chi connectivity index (χ2n) is 7.60. The second-order valence-corrected chi connectivity index (χ2v) is 8.03. The fraction of sp³-hybridized carbons (Fsp3) is 0.550. The molecule has 3 rings (SSSR count). The summed E-state index contributed by atoms with van der Waals surface area (Å²) in [6.45, 7) is 3.73. The lowest BCUT2D eigenvalue weighted by atomic mass is 9.75. The predicted octanol–water partition coefficient (Wildman–Crippen LogP) is 3.41. The Balaban J connectivity index is 1.60. The first-order valence-corrected chi connectivity index (χ1v) is 9.91. The van der Waals surface area contributed by atoms with Gasteiger partial charge in [0, 0.05) is 5.02 Å². The van der Waals surface area contributed by atoms with E-state index in [4.69, 9.17) is 11.6 Å². The van der Waals surface area contributed by atoms with Gasteiger partial charge >= 0.3 is 6.03 Å². The van der Waals surface area contributed by atoms with Crippen LogP contribution in [0.25, 0.3) is 0 Å². The van der Waals surface area contributed by atoms with Crippen LogP contribution in [0, 0.1) is 5.92 Å². The summed E-state index contributed by atoms with van der Waals surface area (Å²) in [4.78, 5) is 38.7. The van der Waals surface area contributed by atoms with Crippen molar-refractivity contribution in [3.05, 3.63) is 34.9 Å². The fourth-order valence-corrected chi connectivity index (χ4v) is 4.13. The first kappa shape index (κ1) is 19.7. The van der Waals surface area contributed by atoms with Crippen LogP contribution in [0.2, 0.25) is 5.02 Å². The number of halogens is 1. The highest BCUT2D eigenvalue weighted by atomic mass is 35.5. The smallest absolute Gasteiger partial charge is 0.325 e. The van der Waals surface area contributed by atoms with Crippen LogP contribution in [0.1, 0.15) is 57.6 Å².